The summed E-state index contributed by atoms with van der Waals surface area (Å²) in [6, 6.07) is 19.1. The van der Waals surface area contributed by atoms with Crippen molar-refractivity contribution < 1.29 is 33.6 Å². The number of carbonyl (C=O) groups excluding carboxylic acids is 2. The van der Waals surface area contributed by atoms with E-state index in [1.165, 1.54) is 13.3 Å². The molecule has 0 bridgehead atoms. The number of nitrogens with zero attached hydrogens (tertiary/aromatic N) is 4. The quantitative estimate of drug-likeness (QED) is 0.171. The number of ether oxygens (including phenoxy) is 4. The molecular formula is C33H30N4O7S. The van der Waals surface area contributed by atoms with E-state index in [0.717, 1.165) is 29.1 Å². The lowest BCUT2D eigenvalue weighted by Crippen LogP contribution is -2.29. The number of aromatic nitrogens is 4. The van der Waals surface area contributed by atoms with E-state index in [1.807, 2.05) is 19.9 Å². The average molecular weight is 627 g/mol. The third-order valence-corrected chi connectivity index (χ3v) is 7.36. The molecule has 12 heteroatoms. The van der Waals surface area contributed by atoms with Gasteiger partial charge in [-0.15, -0.1) is 0 Å². The van der Waals surface area contributed by atoms with Crippen molar-refractivity contribution in [3.8, 4) is 17.5 Å². The van der Waals surface area contributed by atoms with Crippen LogP contribution < -0.4 is 14.2 Å². The predicted octanol–water partition coefficient (Wildman–Crippen LogP) is 5.18. The lowest BCUT2D eigenvalue weighted by Gasteiger charge is -2.26. The number of benzene rings is 2. The second-order valence-electron chi connectivity index (χ2n) is 10.2. The molecule has 6 rings (SSSR count). The summed E-state index contributed by atoms with van der Waals surface area (Å²) in [6.45, 7) is 3.87. The minimum Gasteiger partial charge on any atom is -0.491 e. The van der Waals surface area contributed by atoms with E-state index in [-0.39, 0.29) is 12.5 Å². The molecule has 0 amide bonds. The van der Waals surface area contributed by atoms with Gasteiger partial charge < -0.3 is 24.1 Å². The Kier molecular flexibility index (Phi) is 9.45. The molecule has 0 saturated carbocycles. The van der Waals surface area contributed by atoms with Crippen LogP contribution in [-0.2, 0) is 21.7 Å². The van der Waals surface area contributed by atoms with Crippen molar-refractivity contribution in [2.75, 3.05) is 14.2 Å². The van der Waals surface area contributed by atoms with E-state index in [0.29, 0.717) is 50.9 Å². The summed E-state index contributed by atoms with van der Waals surface area (Å²) in [5, 5.41) is 11.8. The molecule has 1 unspecified atom stereocenters. The van der Waals surface area contributed by atoms with Gasteiger partial charge in [0, 0.05) is 47.6 Å². The zero-order valence-corrected chi connectivity index (χ0v) is 25.8. The van der Waals surface area contributed by atoms with Crippen molar-refractivity contribution in [1.29, 1.82) is 0 Å². The van der Waals surface area contributed by atoms with Gasteiger partial charge in [0.05, 0.1) is 37.6 Å². The molecule has 45 heavy (non-hydrogen) atoms. The zero-order valence-electron chi connectivity index (χ0n) is 25.0. The Morgan fingerprint density at radius 3 is 2.20 bits per heavy atom. The largest absolute Gasteiger partial charge is 0.491 e. The number of fused-ring (bicyclic) bond motifs is 1. The number of hydrogen-bond acceptors (Lipinski definition) is 12. The molecule has 0 saturated heterocycles. The summed E-state index contributed by atoms with van der Waals surface area (Å²) in [7, 11) is 3.07. The second kappa shape index (κ2) is 13.6. The van der Waals surface area contributed by atoms with Crippen LogP contribution in [0.5, 0.6) is 17.5 Å². The summed E-state index contributed by atoms with van der Waals surface area (Å²) in [5.41, 5.74) is 4.47. The van der Waals surface area contributed by atoms with Crippen LogP contribution in [0.2, 0.25) is 0 Å². The lowest BCUT2D eigenvalue weighted by molar-refractivity contribution is -0.185. The molecule has 1 N–H and O–H groups in total. The third kappa shape index (κ3) is 6.97. The van der Waals surface area contributed by atoms with Gasteiger partial charge in [-0.05, 0) is 67.4 Å². The highest BCUT2D eigenvalue weighted by molar-refractivity contribution is 7.00. The standard InChI is InChI=1S/C26H23N3O5S.C7H7NO2/c1-15(2)33-19-8-6-18(7-9-19)26(31)20(12-16-4-11-23(32-3)27-14-16)24(25(30)34-26)17-5-10-21-22(13-17)29-35-28-21;1-10-7-3-2-6(5-9)4-8-7/h4-11,13-15,31H,12H2,1-3H3;2-5H,1H3. The summed E-state index contributed by atoms with van der Waals surface area (Å²) < 4.78 is 29.8. The smallest absolute Gasteiger partial charge is 0.342 e. The molecule has 1 aliphatic rings. The van der Waals surface area contributed by atoms with Gasteiger partial charge in [-0.3, -0.25) is 4.79 Å². The fraction of sp³-hybridized carbons (Fsp3) is 0.212. The summed E-state index contributed by atoms with van der Waals surface area (Å²) >= 11 is 1.10. The van der Waals surface area contributed by atoms with Gasteiger partial charge in [0.2, 0.25) is 11.8 Å². The van der Waals surface area contributed by atoms with E-state index < -0.39 is 11.8 Å². The van der Waals surface area contributed by atoms with Crippen molar-refractivity contribution >= 4 is 40.6 Å². The number of pyridine rings is 2. The molecule has 3 aromatic heterocycles. The second-order valence-corrected chi connectivity index (χ2v) is 10.7. The minimum absolute atomic E-state index is 0.00741. The van der Waals surface area contributed by atoms with Crippen LogP contribution in [0.25, 0.3) is 16.6 Å². The van der Waals surface area contributed by atoms with Gasteiger partial charge >= 0.3 is 5.97 Å². The number of rotatable bonds is 9. The number of carbonyl (C=O) groups is 2. The first-order chi connectivity index (χ1) is 21.7. The van der Waals surface area contributed by atoms with E-state index in [2.05, 4.69) is 18.7 Å². The molecule has 0 radical (unpaired) electrons. The Balaban J connectivity index is 0.000000342. The molecule has 0 aliphatic carbocycles. The Labute approximate surface area is 263 Å². The summed E-state index contributed by atoms with van der Waals surface area (Å²) in [5.74, 6) is -0.931. The van der Waals surface area contributed by atoms with Crippen LogP contribution in [0.1, 0.15) is 40.9 Å². The molecule has 4 heterocycles. The number of esters is 1. The molecule has 2 aromatic carbocycles. The predicted molar refractivity (Wildman–Crippen MR) is 167 cm³/mol. The number of methoxy groups -OCH3 is 2. The van der Waals surface area contributed by atoms with Crippen molar-refractivity contribution in [3.63, 3.8) is 0 Å². The van der Waals surface area contributed by atoms with Gasteiger partial charge in [-0.2, -0.15) is 8.75 Å². The van der Waals surface area contributed by atoms with Crippen LogP contribution >= 0.6 is 11.7 Å². The highest BCUT2D eigenvalue weighted by atomic mass is 32.1. The number of aliphatic hydroxyl groups is 1. The van der Waals surface area contributed by atoms with Crippen molar-refractivity contribution in [2.24, 2.45) is 0 Å². The molecular weight excluding hydrogens is 596 g/mol. The molecule has 0 spiro atoms. The summed E-state index contributed by atoms with van der Waals surface area (Å²) in [6.07, 6.45) is 4.09. The van der Waals surface area contributed by atoms with Gasteiger partial charge in [-0.1, -0.05) is 12.1 Å². The zero-order chi connectivity index (χ0) is 32.0. The van der Waals surface area contributed by atoms with E-state index in [1.54, 1.807) is 74.0 Å². The molecule has 5 aromatic rings. The Bertz CT molecular complexity index is 1820. The van der Waals surface area contributed by atoms with E-state index >= 15 is 0 Å². The fourth-order valence-corrected chi connectivity index (χ4v) is 5.18. The molecule has 1 aliphatic heterocycles. The average Bonchev–Trinajstić information content (AvgIpc) is 3.63. The normalized spacial score (nSPS) is 15.8. The SMILES string of the molecule is COc1ccc(C=O)cn1.COc1ccc(CC2=C(c3ccc4nsnc4c3)C(=O)OC2(O)c2ccc(OC(C)C)cc2)cn1. The van der Waals surface area contributed by atoms with Crippen LogP contribution in [0.15, 0.2) is 84.7 Å². The van der Waals surface area contributed by atoms with Gasteiger partial charge in [0.1, 0.15) is 16.8 Å². The monoisotopic (exact) mass is 626 g/mol. The van der Waals surface area contributed by atoms with E-state index in [9.17, 15) is 14.7 Å². The van der Waals surface area contributed by atoms with Crippen molar-refractivity contribution in [1.82, 2.24) is 18.7 Å². The first kappa shape index (κ1) is 31.2. The number of hydrogen-bond donors (Lipinski definition) is 1. The number of cyclic esters (lactones) is 1. The molecule has 0 fully saturated rings. The first-order valence-electron chi connectivity index (χ1n) is 13.9. The number of aldehydes is 1. The summed E-state index contributed by atoms with van der Waals surface area (Å²) in [4.78, 5) is 31.4. The third-order valence-electron chi connectivity index (χ3n) is 6.81. The molecule has 230 valence electrons. The van der Waals surface area contributed by atoms with Gasteiger partial charge in [-0.25, -0.2) is 14.8 Å². The van der Waals surface area contributed by atoms with Crippen LogP contribution in [-0.4, -0.2) is 56.4 Å². The van der Waals surface area contributed by atoms with Crippen LogP contribution in [0.4, 0.5) is 0 Å². The molecule has 1 atom stereocenters. The van der Waals surface area contributed by atoms with Crippen LogP contribution in [0, 0.1) is 0 Å². The van der Waals surface area contributed by atoms with Gasteiger partial charge in [0.15, 0.2) is 6.29 Å². The topological polar surface area (TPSA) is 143 Å². The first-order valence-corrected chi connectivity index (χ1v) is 14.6. The van der Waals surface area contributed by atoms with Gasteiger partial charge in [0.25, 0.3) is 5.79 Å². The Morgan fingerprint density at radius 1 is 0.911 bits per heavy atom. The van der Waals surface area contributed by atoms with Crippen molar-refractivity contribution in [2.45, 2.75) is 32.2 Å². The minimum atomic E-state index is -1.96. The fourth-order valence-electron chi connectivity index (χ4n) is 4.66. The highest BCUT2D eigenvalue weighted by Gasteiger charge is 2.48. The Morgan fingerprint density at radius 2 is 1.60 bits per heavy atom. The van der Waals surface area contributed by atoms with Crippen LogP contribution in [0.3, 0.4) is 0 Å². The van der Waals surface area contributed by atoms with Crippen molar-refractivity contribution in [3.05, 3.63) is 107 Å². The maximum atomic E-state index is 13.2. The lowest BCUT2D eigenvalue weighted by atomic mass is 9.88. The maximum Gasteiger partial charge on any atom is 0.342 e. The highest BCUT2D eigenvalue weighted by Crippen LogP contribution is 2.45. The Hall–Kier alpha value is -5.20. The van der Waals surface area contributed by atoms with E-state index in [4.69, 9.17) is 18.9 Å². The maximum absolute atomic E-state index is 13.2. The molecule has 11 nitrogen and oxygen atoms in total.